The topological polar surface area (TPSA) is 20.7 Å². The Balaban J connectivity index is 2.60. The van der Waals surface area contributed by atoms with Crippen molar-refractivity contribution in [1.29, 1.82) is 0 Å². The van der Waals surface area contributed by atoms with Gasteiger partial charge in [-0.3, -0.25) is 0 Å². The van der Waals surface area contributed by atoms with Crippen molar-refractivity contribution in [3.8, 4) is 0 Å². The minimum atomic E-state index is 0.430. The molecule has 1 N–H and O–H groups in total. The van der Waals surface area contributed by atoms with Crippen LogP contribution in [-0.2, 0) is 0 Å². The van der Waals surface area contributed by atoms with Crippen molar-refractivity contribution < 1.29 is 0 Å². The second kappa shape index (κ2) is 4.63. The summed E-state index contributed by atoms with van der Waals surface area (Å²) in [5, 5.41) is 0. The second-order valence-corrected chi connectivity index (χ2v) is 5.42. The molecule has 0 radical (unpaired) electrons. The standard InChI is InChI=1S/C12H16N2S2/c1-8-4-5-11-10(6-8)13-12(15)14(11)9(2)7-16-3/h4-6,9H,7H2,1-3H3,(H,13,15). The fourth-order valence-electron chi connectivity index (χ4n) is 2.00. The Morgan fingerprint density at radius 1 is 1.50 bits per heavy atom. The molecule has 2 rings (SSSR count). The molecule has 4 heteroatoms. The van der Waals surface area contributed by atoms with Crippen LogP contribution >= 0.6 is 24.0 Å². The number of benzene rings is 1. The van der Waals surface area contributed by atoms with Crippen molar-refractivity contribution in [1.82, 2.24) is 9.55 Å². The van der Waals surface area contributed by atoms with E-state index in [9.17, 15) is 0 Å². The Kier molecular flexibility index (Phi) is 3.40. The number of fused-ring (bicyclic) bond motifs is 1. The highest BCUT2D eigenvalue weighted by Crippen LogP contribution is 2.21. The normalized spacial score (nSPS) is 13.2. The maximum absolute atomic E-state index is 5.38. The Morgan fingerprint density at radius 3 is 2.94 bits per heavy atom. The molecule has 2 aromatic rings. The minimum Gasteiger partial charge on any atom is -0.331 e. The molecule has 0 amide bonds. The Morgan fingerprint density at radius 2 is 2.25 bits per heavy atom. The first kappa shape index (κ1) is 11.7. The zero-order chi connectivity index (χ0) is 11.7. The summed E-state index contributed by atoms with van der Waals surface area (Å²) in [6.07, 6.45) is 2.12. The molecule has 2 nitrogen and oxygen atoms in total. The van der Waals surface area contributed by atoms with E-state index in [1.54, 1.807) is 0 Å². The summed E-state index contributed by atoms with van der Waals surface area (Å²) in [6, 6.07) is 6.85. The average molecular weight is 252 g/mol. The molecule has 0 saturated carbocycles. The van der Waals surface area contributed by atoms with E-state index in [1.807, 2.05) is 11.8 Å². The summed E-state index contributed by atoms with van der Waals surface area (Å²) in [5.74, 6) is 1.08. The van der Waals surface area contributed by atoms with Crippen LogP contribution in [-0.4, -0.2) is 21.6 Å². The summed E-state index contributed by atoms with van der Waals surface area (Å²) >= 11 is 7.23. The first-order valence-electron chi connectivity index (χ1n) is 5.33. The quantitative estimate of drug-likeness (QED) is 0.835. The predicted molar refractivity (Wildman–Crippen MR) is 75.0 cm³/mol. The highest BCUT2D eigenvalue weighted by atomic mass is 32.2. The molecule has 1 unspecified atom stereocenters. The van der Waals surface area contributed by atoms with Gasteiger partial charge in [0.15, 0.2) is 4.77 Å². The van der Waals surface area contributed by atoms with Gasteiger partial charge < -0.3 is 9.55 Å². The number of H-pyrrole nitrogens is 1. The van der Waals surface area contributed by atoms with E-state index >= 15 is 0 Å². The van der Waals surface area contributed by atoms with Crippen molar-refractivity contribution in [2.75, 3.05) is 12.0 Å². The number of aromatic nitrogens is 2. The molecule has 1 aromatic carbocycles. The van der Waals surface area contributed by atoms with Crippen LogP contribution in [0.2, 0.25) is 0 Å². The van der Waals surface area contributed by atoms with Gasteiger partial charge in [-0.25, -0.2) is 0 Å². The molecule has 0 bridgehead atoms. The summed E-state index contributed by atoms with van der Waals surface area (Å²) < 4.78 is 3.03. The molecule has 0 spiro atoms. The third-order valence-corrected chi connectivity index (χ3v) is 3.84. The molecular formula is C12H16N2S2. The number of hydrogen-bond acceptors (Lipinski definition) is 2. The zero-order valence-corrected chi connectivity index (χ0v) is 11.4. The van der Waals surface area contributed by atoms with Gasteiger partial charge in [0.1, 0.15) is 0 Å². The SMILES string of the molecule is CSCC(C)n1c(=S)[nH]c2cc(C)ccc21. The van der Waals surface area contributed by atoms with E-state index in [0.717, 1.165) is 16.0 Å². The van der Waals surface area contributed by atoms with Crippen LogP contribution in [0.4, 0.5) is 0 Å². The van der Waals surface area contributed by atoms with Gasteiger partial charge in [0.2, 0.25) is 0 Å². The number of aromatic amines is 1. The highest BCUT2D eigenvalue weighted by molar-refractivity contribution is 7.98. The van der Waals surface area contributed by atoms with Gasteiger partial charge in [0, 0.05) is 11.8 Å². The summed E-state index contributed by atoms with van der Waals surface area (Å²) in [4.78, 5) is 3.28. The van der Waals surface area contributed by atoms with Crippen LogP contribution in [0.15, 0.2) is 18.2 Å². The molecule has 0 aliphatic heterocycles. The Bertz CT molecular complexity index is 554. The molecule has 1 atom stereocenters. The van der Waals surface area contributed by atoms with Crippen LogP contribution in [0, 0.1) is 11.7 Å². The number of hydrogen-bond donors (Lipinski definition) is 1. The maximum atomic E-state index is 5.38. The number of nitrogens with one attached hydrogen (secondary N) is 1. The van der Waals surface area contributed by atoms with Crippen LogP contribution in [0.25, 0.3) is 11.0 Å². The number of thioether (sulfide) groups is 1. The Labute approximate surface area is 105 Å². The van der Waals surface area contributed by atoms with Gasteiger partial charge in [-0.2, -0.15) is 11.8 Å². The number of rotatable bonds is 3. The largest absolute Gasteiger partial charge is 0.331 e. The van der Waals surface area contributed by atoms with Crippen molar-refractivity contribution >= 4 is 35.0 Å². The van der Waals surface area contributed by atoms with Crippen LogP contribution in [0.3, 0.4) is 0 Å². The molecule has 1 heterocycles. The molecule has 0 saturated heterocycles. The first-order chi connectivity index (χ1) is 7.63. The maximum Gasteiger partial charge on any atom is 0.178 e. The lowest BCUT2D eigenvalue weighted by Gasteiger charge is -2.12. The lowest BCUT2D eigenvalue weighted by atomic mass is 10.2. The van der Waals surface area contributed by atoms with E-state index in [4.69, 9.17) is 12.2 Å². The third kappa shape index (κ3) is 2.04. The van der Waals surface area contributed by atoms with Gasteiger partial charge in [0.05, 0.1) is 11.0 Å². The van der Waals surface area contributed by atoms with Gasteiger partial charge in [-0.05, 0) is 50.0 Å². The second-order valence-electron chi connectivity index (χ2n) is 4.13. The van der Waals surface area contributed by atoms with Crippen molar-refractivity contribution in [2.45, 2.75) is 19.9 Å². The Hall–Kier alpha value is -0.740. The first-order valence-corrected chi connectivity index (χ1v) is 7.13. The summed E-state index contributed by atoms with van der Waals surface area (Å²) in [5.41, 5.74) is 3.60. The number of nitrogens with zero attached hydrogens (tertiary/aromatic N) is 1. The van der Waals surface area contributed by atoms with Gasteiger partial charge in [0.25, 0.3) is 0 Å². The molecule has 16 heavy (non-hydrogen) atoms. The predicted octanol–water partition coefficient (Wildman–Crippen LogP) is 3.93. The van der Waals surface area contributed by atoms with Crippen LogP contribution in [0.1, 0.15) is 18.5 Å². The monoisotopic (exact) mass is 252 g/mol. The van der Waals surface area contributed by atoms with E-state index in [2.05, 4.69) is 47.9 Å². The fraction of sp³-hybridized carbons (Fsp3) is 0.417. The van der Waals surface area contributed by atoms with Crippen molar-refractivity contribution in [3.63, 3.8) is 0 Å². The number of aryl methyl sites for hydroxylation is 1. The third-order valence-electron chi connectivity index (χ3n) is 2.72. The number of imidazole rings is 1. The van der Waals surface area contributed by atoms with Crippen LogP contribution in [0.5, 0.6) is 0 Å². The molecule has 0 aliphatic carbocycles. The molecular weight excluding hydrogens is 236 g/mol. The zero-order valence-electron chi connectivity index (χ0n) is 9.78. The van der Waals surface area contributed by atoms with Gasteiger partial charge in [-0.1, -0.05) is 6.07 Å². The molecule has 1 aromatic heterocycles. The van der Waals surface area contributed by atoms with Gasteiger partial charge >= 0.3 is 0 Å². The summed E-state index contributed by atoms with van der Waals surface area (Å²) in [6.45, 7) is 4.30. The lowest BCUT2D eigenvalue weighted by molar-refractivity contribution is 0.620. The van der Waals surface area contributed by atoms with Crippen molar-refractivity contribution in [2.24, 2.45) is 0 Å². The molecule has 86 valence electrons. The van der Waals surface area contributed by atoms with E-state index in [1.165, 1.54) is 11.1 Å². The van der Waals surface area contributed by atoms with E-state index in [0.29, 0.717) is 6.04 Å². The smallest absolute Gasteiger partial charge is 0.178 e. The van der Waals surface area contributed by atoms with Crippen molar-refractivity contribution in [3.05, 3.63) is 28.5 Å². The van der Waals surface area contributed by atoms with E-state index in [-0.39, 0.29) is 0 Å². The summed E-state index contributed by atoms with van der Waals surface area (Å²) in [7, 11) is 0. The molecule has 0 aliphatic rings. The molecule has 0 fully saturated rings. The van der Waals surface area contributed by atoms with E-state index < -0.39 is 0 Å². The van der Waals surface area contributed by atoms with Crippen LogP contribution < -0.4 is 0 Å². The lowest BCUT2D eigenvalue weighted by Crippen LogP contribution is -2.07. The van der Waals surface area contributed by atoms with Gasteiger partial charge in [-0.15, -0.1) is 0 Å². The minimum absolute atomic E-state index is 0.430. The average Bonchev–Trinajstić information content (AvgIpc) is 2.53. The highest BCUT2D eigenvalue weighted by Gasteiger charge is 2.10. The fourth-order valence-corrected chi connectivity index (χ4v) is 3.02.